The molecule has 0 saturated heterocycles. The molecule has 2 rings (SSSR count). The number of rotatable bonds is 3. The van der Waals surface area contributed by atoms with Crippen LogP contribution in [0.1, 0.15) is 11.4 Å². The normalized spacial score (nSPS) is 10.5. The van der Waals surface area contributed by atoms with Crippen molar-refractivity contribution in [2.24, 2.45) is 0 Å². The van der Waals surface area contributed by atoms with E-state index in [0.29, 0.717) is 29.5 Å². The maximum absolute atomic E-state index is 11.7. The zero-order chi connectivity index (χ0) is 12.3. The summed E-state index contributed by atoms with van der Waals surface area (Å²) in [5, 5.41) is 2.91. The molecule has 0 fully saturated rings. The zero-order valence-corrected chi connectivity index (χ0v) is 9.69. The third kappa shape index (κ3) is 2.54. The summed E-state index contributed by atoms with van der Waals surface area (Å²) in [6.07, 6.45) is 3.20. The number of aromatic nitrogens is 4. The predicted molar refractivity (Wildman–Crippen MR) is 63.4 cm³/mol. The van der Waals surface area contributed by atoms with E-state index in [9.17, 15) is 4.79 Å². The van der Waals surface area contributed by atoms with Crippen molar-refractivity contribution in [3.05, 3.63) is 40.2 Å². The highest BCUT2D eigenvalue weighted by Gasteiger charge is 2.05. The lowest BCUT2D eigenvalue weighted by molar-refractivity contribution is 0.797. The molecule has 0 radical (unpaired) electrons. The zero-order valence-electron chi connectivity index (χ0n) is 9.69. The summed E-state index contributed by atoms with van der Waals surface area (Å²) in [4.78, 5) is 26.8. The second-order valence-corrected chi connectivity index (χ2v) is 3.61. The van der Waals surface area contributed by atoms with Crippen molar-refractivity contribution in [2.45, 2.75) is 13.5 Å². The molecule has 0 bridgehead atoms. The molecule has 2 aromatic rings. The van der Waals surface area contributed by atoms with E-state index in [1.54, 1.807) is 32.4 Å². The summed E-state index contributed by atoms with van der Waals surface area (Å²) in [5.41, 5.74) is 1.06. The molecule has 0 spiro atoms. The number of hydrogen-bond donors (Lipinski definition) is 2. The van der Waals surface area contributed by atoms with Crippen molar-refractivity contribution >= 4 is 0 Å². The van der Waals surface area contributed by atoms with E-state index in [-0.39, 0.29) is 5.56 Å². The average Bonchev–Trinajstić information content (AvgIpc) is 2.32. The van der Waals surface area contributed by atoms with Crippen LogP contribution in [0.3, 0.4) is 0 Å². The number of H-pyrrole nitrogens is 1. The molecule has 0 aliphatic carbocycles. The molecule has 0 aromatic carbocycles. The van der Waals surface area contributed by atoms with E-state index in [1.807, 2.05) is 0 Å². The summed E-state index contributed by atoms with van der Waals surface area (Å²) in [6.45, 7) is 2.28. The Balaban J connectivity index is 2.41. The quantitative estimate of drug-likeness (QED) is 0.791. The summed E-state index contributed by atoms with van der Waals surface area (Å²) in [7, 11) is 1.78. The molecule has 0 unspecified atom stereocenters. The number of nitrogens with one attached hydrogen (secondary N) is 2. The topological polar surface area (TPSA) is 83.6 Å². The van der Waals surface area contributed by atoms with Crippen molar-refractivity contribution in [1.29, 1.82) is 0 Å². The van der Waals surface area contributed by atoms with E-state index in [2.05, 4.69) is 25.3 Å². The van der Waals surface area contributed by atoms with Gasteiger partial charge in [-0.3, -0.25) is 4.79 Å². The van der Waals surface area contributed by atoms with Crippen molar-refractivity contribution in [1.82, 2.24) is 25.3 Å². The van der Waals surface area contributed by atoms with Gasteiger partial charge >= 0.3 is 0 Å². The van der Waals surface area contributed by atoms with Gasteiger partial charge in [-0.1, -0.05) is 0 Å². The molecule has 0 amide bonds. The maximum atomic E-state index is 11.7. The molecular formula is C11H13N5O. The van der Waals surface area contributed by atoms with Crippen LogP contribution in [-0.4, -0.2) is 27.0 Å². The second-order valence-electron chi connectivity index (χ2n) is 3.61. The molecule has 2 aromatic heterocycles. The third-order valence-electron chi connectivity index (χ3n) is 2.26. The van der Waals surface area contributed by atoms with Gasteiger partial charge in [0.1, 0.15) is 11.5 Å². The molecule has 88 valence electrons. The minimum absolute atomic E-state index is 0.152. The van der Waals surface area contributed by atoms with Crippen LogP contribution in [0.4, 0.5) is 0 Å². The van der Waals surface area contributed by atoms with Gasteiger partial charge in [0.25, 0.3) is 5.56 Å². The summed E-state index contributed by atoms with van der Waals surface area (Å²) in [6, 6.07) is 1.71. The number of nitrogens with zero attached hydrogens (tertiary/aromatic N) is 3. The van der Waals surface area contributed by atoms with Gasteiger partial charge < -0.3 is 10.3 Å². The van der Waals surface area contributed by atoms with Crippen LogP contribution >= 0.6 is 0 Å². The van der Waals surface area contributed by atoms with Gasteiger partial charge in [0.15, 0.2) is 5.82 Å². The Morgan fingerprint density at radius 1 is 1.41 bits per heavy atom. The van der Waals surface area contributed by atoms with Crippen LogP contribution in [0.2, 0.25) is 0 Å². The molecule has 6 nitrogen and oxygen atoms in total. The Morgan fingerprint density at radius 3 is 2.88 bits per heavy atom. The third-order valence-corrected chi connectivity index (χ3v) is 2.26. The summed E-state index contributed by atoms with van der Waals surface area (Å²) in [5.74, 6) is 1.10. The van der Waals surface area contributed by atoms with Crippen LogP contribution in [-0.2, 0) is 6.54 Å². The molecule has 0 aliphatic rings. The van der Waals surface area contributed by atoms with Gasteiger partial charge in [-0.25, -0.2) is 15.0 Å². The lowest BCUT2D eigenvalue weighted by Crippen LogP contribution is -2.19. The molecule has 0 saturated carbocycles. The van der Waals surface area contributed by atoms with Crippen molar-refractivity contribution in [3.63, 3.8) is 0 Å². The smallest absolute Gasteiger partial charge is 0.255 e. The van der Waals surface area contributed by atoms with E-state index in [4.69, 9.17) is 0 Å². The van der Waals surface area contributed by atoms with Crippen LogP contribution in [0.15, 0.2) is 23.3 Å². The van der Waals surface area contributed by atoms with Gasteiger partial charge in [0, 0.05) is 24.5 Å². The fourth-order valence-electron chi connectivity index (χ4n) is 1.46. The van der Waals surface area contributed by atoms with Gasteiger partial charge in [-0.05, 0) is 20.0 Å². The number of aromatic amines is 1. The van der Waals surface area contributed by atoms with Gasteiger partial charge in [0.2, 0.25) is 0 Å². The first-order chi connectivity index (χ1) is 8.20. The lowest BCUT2D eigenvalue weighted by Gasteiger charge is -2.02. The van der Waals surface area contributed by atoms with E-state index in [1.165, 1.54) is 0 Å². The Morgan fingerprint density at radius 2 is 2.24 bits per heavy atom. The molecule has 2 heterocycles. The Bertz CT molecular complexity index is 578. The van der Waals surface area contributed by atoms with E-state index in [0.717, 1.165) is 0 Å². The van der Waals surface area contributed by atoms with E-state index >= 15 is 0 Å². The van der Waals surface area contributed by atoms with Gasteiger partial charge in [0.05, 0.1) is 0 Å². The monoisotopic (exact) mass is 231 g/mol. The largest absolute Gasteiger partial charge is 0.315 e. The Labute approximate surface area is 98.2 Å². The van der Waals surface area contributed by atoms with Gasteiger partial charge in [-0.2, -0.15) is 0 Å². The number of aryl methyl sites for hydroxylation is 1. The Kier molecular flexibility index (Phi) is 3.24. The first-order valence-corrected chi connectivity index (χ1v) is 5.23. The minimum Gasteiger partial charge on any atom is -0.315 e. The molecular weight excluding hydrogens is 218 g/mol. The standard InChI is InChI=1S/C11H13N5O/c1-7-13-4-3-9(15-7)10-14-6-8(5-12-2)11(17)16-10/h3-4,6,12H,5H2,1-2H3,(H,14,16,17). The van der Waals surface area contributed by atoms with Crippen molar-refractivity contribution in [3.8, 4) is 11.5 Å². The van der Waals surface area contributed by atoms with Crippen LogP contribution in [0.5, 0.6) is 0 Å². The highest BCUT2D eigenvalue weighted by molar-refractivity contribution is 5.47. The average molecular weight is 231 g/mol. The highest BCUT2D eigenvalue weighted by Crippen LogP contribution is 2.08. The molecule has 6 heteroatoms. The Hall–Kier alpha value is -2.08. The number of hydrogen-bond acceptors (Lipinski definition) is 5. The second kappa shape index (κ2) is 4.84. The summed E-state index contributed by atoms with van der Waals surface area (Å²) < 4.78 is 0. The first-order valence-electron chi connectivity index (χ1n) is 5.23. The van der Waals surface area contributed by atoms with Crippen LogP contribution in [0, 0.1) is 6.92 Å². The molecule has 0 aliphatic heterocycles. The maximum Gasteiger partial charge on any atom is 0.255 e. The fraction of sp³-hybridized carbons (Fsp3) is 0.273. The van der Waals surface area contributed by atoms with Crippen LogP contribution < -0.4 is 10.9 Å². The van der Waals surface area contributed by atoms with Crippen LogP contribution in [0.25, 0.3) is 11.5 Å². The molecule has 0 atom stereocenters. The first kappa shape index (κ1) is 11.4. The predicted octanol–water partition coefficient (Wildman–Crippen LogP) is 0.255. The molecule has 2 N–H and O–H groups in total. The molecule has 17 heavy (non-hydrogen) atoms. The minimum atomic E-state index is -0.152. The van der Waals surface area contributed by atoms with Gasteiger partial charge in [-0.15, -0.1) is 0 Å². The lowest BCUT2D eigenvalue weighted by atomic mass is 10.3. The van der Waals surface area contributed by atoms with Crippen molar-refractivity contribution in [2.75, 3.05) is 7.05 Å². The summed E-state index contributed by atoms with van der Waals surface area (Å²) >= 11 is 0. The fourth-order valence-corrected chi connectivity index (χ4v) is 1.46. The SMILES string of the molecule is CNCc1cnc(-c2ccnc(C)n2)[nH]c1=O. The van der Waals surface area contributed by atoms with Crippen molar-refractivity contribution < 1.29 is 0 Å². The van der Waals surface area contributed by atoms with E-state index < -0.39 is 0 Å². The highest BCUT2D eigenvalue weighted by atomic mass is 16.1.